The number of hydrogen-bond donors (Lipinski definition) is 2. The highest BCUT2D eigenvalue weighted by atomic mass is 35.5. The number of rotatable bonds is 18. The molecule has 3 aliphatic rings. The van der Waals surface area contributed by atoms with Crippen LogP contribution in [0.1, 0.15) is 63.0 Å². The van der Waals surface area contributed by atoms with E-state index in [1.165, 1.54) is 0 Å². The zero-order valence-electron chi connectivity index (χ0n) is 27.8. The molecular formula is C38H46ClN3O7. The largest absolute Gasteiger partial charge is 0.463 e. The molecule has 0 unspecified atom stereocenters. The van der Waals surface area contributed by atoms with Crippen LogP contribution in [0.2, 0.25) is 5.02 Å². The Bertz CT molecular complexity index is 1520. The molecule has 11 heteroatoms. The number of allylic oxidation sites excluding steroid dienone is 1. The minimum absolute atomic E-state index is 0.0802. The summed E-state index contributed by atoms with van der Waals surface area (Å²) in [4.78, 5) is 59.0. The molecule has 0 aliphatic carbocycles. The number of unbranched alkanes of at least 4 members (excludes halogenated alkanes) is 3. The molecule has 5 rings (SSSR count). The number of para-hydroxylation sites is 1. The van der Waals surface area contributed by atoms with Gasteiger partial charge in [-0.25, -0.2) is 0 Å². The molecule has 0 radical (unpaired) electrons. The predicted molar refractivity (Wildman–Crippen MR) is 187 cm³/mol. The number of esters is 1. The van der Waals surface area contributed by atoms with E-state index in [1.807, 2.05) is 30.3 Å². The van der Waals surface area contributed by atoms with Crippen molar-refractivity contribution in [1.29, 1.82) is 0 Å². The number of nitrogens with one attached hydrogen (secondary N) is 1. The van der Waals surface area contributed by atoms with Gasteiger partial charge in [-0.1, -0.05) is 79.1 Å². The normalized spacial score (nSPS) is 24.3. The molecule has 1 spiro atoms. The molecule has 3 aliphatic heterocycles. The van der Waals surface area contributed by atoms with E-state index in [9.17, 15) is 24.3 Å². The fraction of sp³-hybridized carbons (Fsp3) is 0.474. The van der Waals surface area contributed by atoms with Crippen LogP contribution < -0.4 is 10.2 Å². The third-order valence-corrected chi connectivity index (χ3v) is 10.2. The van der Waals surface area contributed by atoms with Crippen molar-refractivity contribution in [2.45, 2.75) is 75.2 Å². The summed E-state index contributed by atoms with van der Waals surface area (Å²) in [5.74, 6) is -3.12. The maximum Gasteiger partial charge on any atom is 0.306 e. The fourth-order valence-corrected chi connectivity index (χ4v) is 7.86. The van der Waals surface area contributed by atoms with Gasteiger partial charge in [0.05, 0.1) is 34.7 Å². The van der Waals surface area contributed by atoms with Gasteiger partial charge >= 0.3 is 5.97 Å². The summed E-state index contributed by atoms with van der Waals surface area (Å²) in [6, 6.07) is 14.6. The molecule has 2 bridgehead atoms. The van der Waals surface area contributed by atoms with E-state index in [1.54, 1.807) is 46.2 Å². The summed E-state index contributed by atoms with van der Waals surface area (Å²) in [5, 5.41) is 12.7. The molecule has 3 saturated heterocycles. The Hall–Kier alpha value is -3.99. The number of nitrogens with zero attached hydrogens (tertiary/aromatic N) is 2. The summed E-state index contributed by atoms with van der Waals surface area (Å²) in [5.41, 5.74) is 0.0483. The number of anilines is 1. The first kappa shape index (κ1) is 36.3. The Morgan fingerprint density at radius 2 is 1.82 bits per heavy atom. The van der Waals surface area contributed by atoms with Crippen LogP contribution in [0, 0.1) is 11.8 Å². The topological polar surface area (TPSA) is 125 Å². The van der Waals surface area contributed by atoms with Crippen molar-refractivity contribution in [3.8, 4) is 0 Å². The maximum atomic E-state index is 14.7. The highest BCUT2D eigenvalue weighted by molar-refractivity contribution is 6.34. The van der Waals surface area contributed by atoms with E-state index < -0.39 is 41.6 Å². The van der Waals surface area contributed by atoms with Gasteiger partial charge in [0.25, 0.3) is 5.91 Å². The van der Waals surface area contributed by atoms with Crippen LogP contribution >= 0.6 is 11.6 Å². The number of halogens is 1. The summed E-state index contributed by atoms with van der Waals surface area (Å²) < 4.78 is 12.2. The van der Waals surface area contributed by atoms with E-state index in [0.717, 1.165) is 18.4 Å². The van der Waals surface area contributed by atoms with Crippen LogP contribution in [-0.2, 0) is 28.7 Å². The van der Waals surface area contributed by atoms with Crippen LogP contribution in [-0.4, -0.2) is 77.7 Å². The Morgan fingerprint density at radius 1 is 1.08 bits per heavy atom. The average Bonchev–Trinajstić information content (AvgIpc) is 3.75. The van der Waals surface area contributed by atoms with Gasteiger partial charge in [0.15, 0.2) is 0 Å². The molecule has 262 valence electrons. The molecule has 0 saturated carbocycles. The number of likely N-dealkylation sites (tertiary alicyclic amines) is 1. The van der Waals surface area contributed by atoms with Crippen LogP contribution in [0.25, 0.3) is 0 Å². The fourth-order valence-electron chi connectivity index (χ4n) is 7.62. The summed E-state index contributed by atoms with van der Waals surface area (Å²) in [6.07, 6.45) is 7.14. The standard InChI is InChI=1S/C38H46ClN3O7/c1-3-5-19-31(44)48-25-28(26-15-9-8-10-16-26)40-35(45)32-30-20-21-38(49-30)33(32)36(46)42(23-13-6-7-14-24-43)34(38)37(47)41(22-4-2)29-18-12-11-17-27(29)39/h3-4,8-12,15-18,28,30,32-34,43H,1-2,5-7,13-14,19-25H2,(H,40,45)/t28-,30-,32+,33+,34-,38+/m1/s1. The number of carbonyl (C=O) groups is 4. The van der Waals surface area contributed by atoms with Crippen molar-refractivity contribution < 1.29 is 33.8 Å². The van der Waals surface area contributed by atoms with Crippen molar-refractivity contribution in [1.82, 2.24) is 10.2 Å². The second kappa shape index (κ2) is 16.6. The summed E-state index contributed by atoms with van der Waals surface area (Å²) in [7, 11) is 0. The Labute approximate surface area is 293 Å². The lowest BCUT2D eigenvalue weighted by molar-refractivity contribution is -0.146. The lowest BCUT2D eigenvalue weighted by Crippen LogP contribution is -2.56. The first-order valence-corrected chi connectivity index (χ1v) is 17.5. The van der Waals surface area contributed by atoms with Crippen LogP contribution in [0.4, 0.5) is 5.69 Å². The molecule has 0 aromatic heterocycles. The molecule has 3 heterocycles. The molecule has 2 aromatic rings. The molecule has 2 aromatic carbocycles. The minimum Gasteiger partial charge on any atom is -0.463 e. The Kier molecular flexibility index (Phi) is 12.3. The number of ether oxygens (including phenoxy) is 2. The van der Waals surface area contributed by atoms with Crippen LogP contribution in [0.15, 0.2) is 79.9 Å². The van der Waals surface area contributed by atoms with E-state index in [-0.39, 0.29) is 43.9 Å². The van der Waals surface area contributed by atoms with Crippen molar-refractivity contribution in [3.05, 3.63) is 90.5 Å². The van der Waals surface area contributed by atoms with E-state index >= 15 is 0 Å². The van der Waals surface area contributed by atoms with Crippen molar-refractivity contribution in [2.24, 2.45) is 11.8 Å². The van der Waals surface area contributed by atoms with Crippen molar-refractivity contribution in [2.75, 3.05) is 31.2 Å². The van der Waals surface area contributed by atoms with Gasteiger partial charge in [0.2, 0.25) is 11.8 Å². The van der Waals surface area contributed by atoms with Gasteiger partial charge in [-0.05, 0) is 49.8 Å². The number of amides is 3. The summed E-state index contributed by atoms with van der Waals surface area (Å²) >= 11 is 6.58. The predicted octanol–water partition coefficient (Wildman–Crippen LogP) is 5.15. The Balaban J connectivity index is 1.45. The molecule has 10 nitrogen and oxygen atoms in total. The monoisotopic (exact) mass is 691 g/mol. The molecular weight excluding hydrogens is 646 g/mol. The zero-order valence-corrected chi connectivity index (χ0v) is 28.6. The first-order chi connectivity index (χ1) is 23.8. The van der Waals surface area contributed by atoms with Gasteiger partial charge < -0.3 is 29.7 Å². The second-order valence-corrected chi connectivity index (χ2v) is 13.3. The third kappa shape index (κ3) is 7.61. The molecule has 3 amide bonds. The summed E-state index contributed by atoms with van der Waals surface area (Å²) in [6.45, 7) is 7.98. The van der Waals surface area contributed by atoms with Crippen molar-refractivity contribution in [3.63, 3.8) is 0 Å². The SMILES string of the molecule is C=CCCC(=O)OC[C@@H](NC(=O)[C@@H]1[C@H]2C(=O)N(CCCCCCO)[C@H](C(=O)N(CC=C)c3ccccc3Cl)[C@]23CC[C@H]1O3)c1ccccc1. The van der Waals surface area contributed by atoms with Gasteiger partial charge in [0.1, 0.15) is 18.2 Å². The highest BCUT2D eigenvalue weighted by Crippen LogP contribution is 2.59. The van der Waals surface area contributed by atoms with E-state index in [2.05, 4.69) is 18.5 Å². The number of aliphatic hydroxyl groups is 1. The quantitative estimate of drug-likeness (QED) is 0.126. The van der Waals surface area contributed by atoms with Crippen LogP contribution in [0.5, 0.6) is 0 Å². The van der Waals surface area contributed by atoms with Gasteiger partial charge in [-0.3, -0.25) is 19.2 Å². The zero-order chi connectivity index (χ0) is 35.0. The molecule has 3 fully saturated rings. The first-order valence-electron chi connectivity index (χ1n) is 17.1. The van der Waals surface area contributed by atoms with E-state index in [0.29, 0.717) is 49.4 Å². The number of benzene rings is 2. The highest BCUT2D eigenvalue weighted by Gasteiger charge is 2.74. The Morgan fingerprint density at radius 3 is 2.53 bits per heavy atom. The van der Waals surface area contributed by atoms with E-state index in [4.69, 9.17) is 21.1 Å². The maximum absolute atomic E-state index is 14.7. The smallest absolute Gasteiger partial charge is 0.306 e. The second-order valence-electron chi connectivity index (χ2n) is 12.9. The third-order valence-electron chi connectivity index (χ3n) is 9.85. The lowest BCUT2D eigenvalue weighted by Gasteiger charge is -2.37. The molecule has 2 N–H and O–H groups in total. The number of aliphatic hydroxyl groups excluding tert-OH is 1. The van der Waals surface area contributed by atoms with Gasteiger partial charge in [-0.2, -0.15) is 0 Å². The molecule has 6 atom stereocenters. The number of fused-ring (bicyclic) bond motifs is 1. The minimum atomic E-state index is -1.20. The van der Waals surface area contributed by atoms with Gasteiger partial charge in [0, 0.05) is 26.1 Å². The lowest BCUT2D eigenvalue weighted by atomic mass is 9.70. The average molecular weight is 692 g/mol. The molecule has 49 heavy (non-hydrogen) atoms. The number of hydrogen-bond acceptors (Lipinski definition) is 7. The van der Waals surface area contributed by atoms with Crippen LogP contribution in [0.3, 0.4) is 0 Å². The number of carbonyl (C=O) groups excluding carboxylic acids is 4. The van der Waals surface area contributed by atoms with Gasteiger partial charge in [-0.15, -0.1) is 13.2 Å². The van der Waals surface area contributed by atoms with Crippen molar-refractivity contribution >= 4 is 41.0 Å².